The molecule has 20 heavy (non-hydrogen) atoms. The van der Waals surface area contributed by atoms with Gasteiger partial charge in [0.05, 0.1) is 6.10 Å². The molecule has 2 atom stereocenters. The quantitative estimate of drug-likeness (QED) is 0.882. The van der Waals surface area contributed by atoms with Gasteiger partial charge in [0, 0.05) is 18.0 Å². The van der Waals surface area contributed by atoms with E-state index in [1.165, 1.54) is 19.4 Å². The summed E-state index contributed by atoms with van der Waals surface area (Å²) in [5.74, 6) is 0.696. The van der Waals surface area contributed by atoms with Crippen molar-refractivity contribution in [2.45, 2.75) is 52.7 Å². The fourth-order valence-corrected chi connectivity index (χ4v) is 3.50. The Morgan fingerprint density at radius 2 is 1.90 bits per heavy atom. The Labute approximate surface area is 123 Å². The normalized spacial score (nSPS) is 22.4. The highest BCUT2D eigenvalue weighted by atomic mass is 16.3. The van der Waals surface area contributed by atoms with Gasteiger partial charge in [-0.3, -0.25) is 4.90 Å². The first kappa shape index (κ1) is 15.5. The van der Waals surface area contributed by atoms with Crippen molar-refractivity contribution in [2.75, 3.05) is 13.1 Å². The molecular formula is C18H29NO. The Morgan fingerprint density at radius 1 is 1.25 bits per heavy atom. The summed E-state index contributed by atoms with van der Waals surface area (Å²) in [6.45, 7) is 11.1. The van der Waals surface area contributed by atoms with Gasteiger partial charge in [0.15, 0.2) is 0 Å². The van der Waals surface area contributed by atoms with E-state index in [9.17, 15) is 5.11 Å². The maximum Gasteiger partial charge on any atom is 0.0853 e. The van der Waals surface area contributed by atoms with Crippen LogP contribution in [0.15, 0.2) is 30.3 Å². The van der Waals surface area contributed by atoms with Crippen LogP contribution in [0.1, 0.15) is 52.2 Å². The molecule has 0 spiro atoms. The predicted octanol–water partition coefficient (Wildman–Crippen LogP) is 3.87. The standard InChI is InChI=1S/C18H29NO/c1-14(2)16-11-8-12-19(16)13-18(3,4)17(20)15-9-6-5-7-10-15/h5-7,9-10,14,16-17,20H,8,11-13H2,1-4H3. The van der Waals surface area contributed by atoms with Crippen molar-refractivity contribution < 1.29 is 5.11 Å². The molecule has 2 rings (SSSR count). The van der Waals surface area contributed by atoms with Crippen molar-refractivity contribution in [3.8, 4) is 0 Å². The summed E-state index contributed by atoms with van der Waals surface area (Å²) in [4.78, 5) is 2.58. The zero-order valence-corrected chi connectivity index (χ0v) is 13.3. The minimum absolute atomic E-state index is 0.126. The smallest absolute Gasteiger partial charge is 0.0853 e. The van der Waals surface area contributed by atoms with Crippen LogP contribution in [0.3, 0.4) is 0 Å². The first-order chi connectivity index (χ1) is 9.42. The fourth-order valence-electron chi connectivity index (χ4n) is 3.50. The van der Waals surface area contributed by atoms with Gasteiger partial charge in [-0.05, 0) is 30.9 Å². The van der Waals surface area contributed by atoms with Crippen LogP contribution >= 0.6 is 0 Å². The van der Waals surface area contributed by atoms with Gasteiger partial charge < -0.3 is 5.11 Å². The van der Waals surface area contributed by atoms with E-state index < -0.39 is 6.10 Å². The molecule has 0 radical (unpaired) electrons. The average molecular weight is 275 g/mol. The molecule has 1 fully saturated rings. The monoisotopic (exact) mass is 275 g/mol. The minimum atomic E-state index is -0.405. The third-order valence-electron chi connectivity index (χ3n) is 4.65. The molecule has 1 heterocycles. The number of hydrogen-bond donors (Lipinski definition) is 1. The highest BCUT2D eigenvalue weighted by Gasteiger charge is 2.36. The maximum atomic E-state index is 10.7. The van der Waals surface area contributed by atoms with Crippen LogP contribution in [-0.2, 0) is 0 Å². The molecule has 0 saturated carbocycles. The minimum Gasteiger partial charge on any atom is -0.388 e. The van der Waals surface area contributed by atoms with Crippen LogP contribution in [0.5, 0.6) is 0 Å². The summed E-state index contributed by atoms with van der Waals surface area (Å²) in [6, 6.07) is 10.7. The fraction of sp³-hybridized carbons (Fsp3) is 0.667. The molecule has 0 bridgehead atoms. The van der Waals surface area contributed by atoms with Crippen LogP contribution in [0.2, 0.25) is 0 Å². The Hall–Kier alpha value is -0.860. The van der Waals surface area contributed by atoms with E-state index in [2.05, 4.69) is 32.6 Å². The second-order valence-electron chi connectivity index (χ2n) is 7.23. The Kier molecular flexibility index (Phi) is 4.87. The van der Waals surface area contributed by atoms with E-state index in [4.69, 9.17) is 0 Å². The van der Waals surface area contributed by atoms with E-state index >= 15 is 0 Å². The lowest BCUT2D eigenvalue weighted by molar-refractivity contribution is 0.0127. The molecule has 2 nitrogen and oxygen atoms in total. The van der Waals surface area contributed by atoms with E-state index in [0.29, 0.717) is 12.0 Å². The number of nitrogens with zero attached hydrogens (tertiary/aromatic N) is 1. The van der Waals surface area contributed by atoms with Gasteiger partial charge in [-0.15, -0.1) is 0 Å². The van der Waals surface area contributed by atoms with Gasteiger partial charge in [-0.25, -0.2) is 0 Å². The van der Waals surface area contributed by atoms with Gasteiger partial charge in [-0.1, -0.05) is 58.0 Å². The van der Waals surface area contributed by atoms with Crippen molar-refractivity contribution in [3.63, 3.8) is 0 Å². The topological polar surface area (TPSA) is 23.5 Å². The highest BCUT2D eigenvalue weighted by molar-refractivity contribution is 5.19. The number of benzene rings is 1. The second kappa shape index (κ2) is 6.28. The highest BCUT2D eigenvalue weighted by Crippen LogP contribution is 2.36. The zero-order valence-electron chi connectivity index (χ0n) is 13.3. The molecule has 1 N–H and O–H groups in total. The molecule has 1 aromatic carbocycles. The molecule has 0 aliphatic carbocycles. The molecule has 112 valence electrons. The van der Waals surface area contributed by atoms with E-state index in [-0.39, 0.29) is 5.41 Å². The summed E-state index contributed by atoms with van der Waals surface area (Å²) < 4.78 is 0. The number of rotatable bonds is 5. The SMILES string of the molecule is CC(C)C1CCCN1CC(C)(C)C(O)c1ccccc1. The van der Waals surface area contributed by atoms with Gasteiger partial charge >= 0.3 is 0 Å². The number of likely N-dealkylation sites (tertiary alicyclic amines) is 1. The van der Waals surface area contributed by atoms with Gasteiger partial charge in [0.2, 0.25) is 0 Å². The van der Waals surface area contributed by atoms with Crippen LogP contribution in [0, 0.1) is 11.3 Å². The molecule has 2 heteroatoms. The van der Waals surface area contributed by atoms with E-state index in [1.54, 1.807) is 0 Å². The van der Waals surface area contributed by atoms with Crippen molar-refractivity contribution in [3.05, 3.63) is 35.9 Å². The van der Waals surface area contributed by atoms with Crippen molar-refractivity contribution in [1.82, 2.24) is 4.90 Å². The van der Waals surface area contributed by atoms with E-state index in [0.717, 1.165) is 12.1 Å². The average Bonchev–Trinajstić information content (AvgIpc) is 2.86. The lowest BCUT2D eigenvalue weighted by Gasteiger charge is -2.38. The Bertz CT molecular complexity index is 413. The third kappa shape index (κ3) is 3.42. The zero-order chi connectivity index (χ0) is 14.8. The number of hydrogen-bond acceptors (Lipinski definition) is 2. The van der Waals surface area contributed by atoms with Crippen molar-refractivity contribution in [2.24, 2.45) is 11.3 Å². The summed E-state index contributed by atoms with van der Waals surface area (Å²) in [5, 5.41) is 10.7. The first-order valence-electron chi connectivity index (χ1n) is 7.89. The lowest BCUT2D eigenvalue weighted by atomic mass is 9.81. The number of aliphatic hydroxyl groups excluding tert-OH is 1. The molecule has 0 aromatic heterocycles. The van der Waals surface area contributed by atoms with Crippen LogP contribution in [-0.4, -0.2) is 29.1 Å². The van der Waals surface area contributed by atoms with Gasteiger partial charge in [0.1, 0.15) is 0 Å². The lowest BCUT2D eigenvalue weighted by Crippen LogP contribution is -2.42. The van der Waals surface area contributed by atoms with Gasteiger partial charge in [0.25, 0.3) is 0 Å². The summed E-state index contributed by atoms with van der Waals surface area (Å²) in [6.07, 6.45) is 2.19. The third-order valence-corrected chi connectivity index (χ3v) is 4.65. The molecule has 1 saturated heterocycles. The number of aliphatic hydroxyl groups is 1. The van der Waals surface area contributed by atoms with Gasteiger partial charge in [-0.2, -0.15) is 0 Å². The molecular weight excluding hydrogens is 246 g/mol. The second-order valence-corrected chi connectivity index (χ2v) is 7.23. The summed E-state index contributed by atoms with van der Waals surface area (Å²) in [7, 11) is 0. The predicted molar refractivity (Wildman–Crippen MR) is 84.6 cm³/mol. The molecule has 0 amide bonds. The Balaban J connectivity index is 2.07. The molecule has 1 aliphatic rings. The largest absolute Gasteiger partial charge is 0.388 e. The Morgan fingerprint density at radius 3 is 2.50 bits per heavy atom. The van der Waals surface area contributed by atoms with E-state index in [1.807, 2.05) is 30.3 Å². The van der Waals surface area contributed by atoms with Crippen LogP contribution in [0.4, 0.5) is 0 Å². The maximum absolute atomic E-state index is 10.7. The summed E-state index contributed by atoms with van der Waals surface area (Å²) in [5.41, 5.74) is 0.900. The van der Waals surface area contributed by atoms with Crippen LogP contribution < -0.4 is 0 Å². The first-order valence-corrected chi connectivity index (χ1v) is 7.89. The molecule has 1 aromatic rings. The van der Waals surface area contributed by atoms with Crippen molar-refractivity contribution in [1.29, 1.82) is 0 Å². The summed E-state index contributed by atoms with van der Waals surface area (Å²) >= 11 is 0. The van der Waals surface area contributed by atoms with Crippen molar-refractivity contribution >= 4 is 0 Å². The molecule has 1 aliphatic heterocycles. The van der Waals surface area contributed by atoms with Crippen LogP contribution in [0.25, 0.3) is 0 Å². The molecule has 2 unspecified atom stereocenters.